The lowest BCUT2D eigenvalue weighted by Crippen LogP contribution is -2.43. The van der Waals surface area contributed by atoms with E-state index in [0.717, 1.165) is 30.0 Å². The summed E-state index contributed by atoms with van der Waals surface area (Å²) in [6, 6.07) is 11.2. The highest BCUT2D eigenvalue weighted by molar-refractivity contribution is 6.31. The standard InChI is InChI=1S/C20H24ClN3O2/c1-4-26-19-12-24(3)11-18(19)23-20(25)15-7-5-14(6-8-15)17-10-9-16(21)13(2)22-17/h5-10,18-19H,4,11-12H2,1-3H3,(H,23,25)/t18-,19-/m0/s1. The molecular weight excluding hydrogens is 350 g/mol. The van der Waals surface area contributed by atoms with Crippen molar-refractivity contribution in [3.8, 4) is 11.3 Å². The number of benzene rings is 1. The lowest BCUT2D eigenvalue weighted by molar-refractivity contribution is 0.0513. The van der Waals surface area contributed by atoms with Crippen LogP contribution in [-0.4, -0.2) is 54.7 Å². The lowest BCUT2D eigenvalue weighted by Gasteiger charge is -2.19. The first kappa shape index (κ1) is 18.8. The molecule has 1 aromatic heterocycles. The lowest BCUT2D eigenvalue weighted by atomic mass is 10.1. The molecule has 26 heavy (non-hydrogen) atoms. The van der Waals surface area contributed by atoms with Crippen LogP contribution >= 0.6 is 11.6 Å². The summed E-state index contributed by atoms with van der Waals surface area (Å²) < 4.78 is 5.74. The van der Waals surface area contributed by atoms with Crippen molar-refractivity contribution in [3.63, 3.8) is 0 Å². The van der Waals surface area contributed by atoms with Gasteiger partial charge in [-0.15, -0.1) is 0 Å². The molecule has 2 aromatic rings. The van der Waals surface area contributed by atoms with Crippen molar-refractivity contribution in [3.05, 3.63) is 52.7 Å². The van der Waals surface area contributed by atoms with Crippen LogP contribution in [0, 0.1) is 6.92 Å². The molecule has 0 radical (unpaired) electrons. The smallest absolute Gasteiger partial charge is 0.251 e. The number of aromatic nitrogens is 1. The zero-order chi connectivity index (χ0) is 18.7. The van der Waals surface area contributed by atoms with E-state index in [9.17, 15) is 4.79 Å². The van der Waals surface area contributed by atoms with Crippen molar-refractivity contribution in [2.24, 2.45) is 0 Å². The molecule has 3 rings (SSSR count). The van der Waals surface area contributed by atoms with Gasteiger partial charge in [0.05, 0.1) is 28.6 Å². The molecule has 138 valence electrons. The maximum atomic E-state index is 12.6. The molecule has 1 fully saturated rings. The van der Waals surface area contributed by atoms with Crippen LogP contribution in [0.25, 0.3) is 11.3 Å². The Kier molecular flexibility index (Phi) is 5.91. The Balaban J connectivity index is 1.69. The number of ether oxygens (including phenoxy) is 1. The third-order valence-corrected chi connectivity index (χ3v) is 5.01. The average Bonchev–Trinajstić information content (AvgIpc) is 2.97. The fraction of sp³-hybridized carbons (Fsp3) is 0.400. The molecule has 5 nitrogen and oxygen atoms in total. The van der Waals surface area contributed by atoms with Gasteiger partial charge in [-0.25, -0.2) is 0 Å². The van der Waals surface area contributed by atoms with E-state index in [1.807, 2.05) is 57.3 Å². The van der Waals surface area contributed by atoms with Crippen molar-refractivity contribution in [1.82, 2.24) is 15.2 Å². The summed E-state index contributed by atoms with van der Waals surface area (Å²) in [5.41, 5.74) is 3.21. The predicted octanol–water partition coefficient (Wildman–Crippen LogP) is 3.16. The molecule has 2 heterocycles. The van der Waals surface area contributed by atoms with E-state index in [2.05, 4.69) is 15.2 Å². The fourth-order valence-corrected chi connectivity index (χ4v) is 3.34. The van der Waals surface area contributed by atoms with E-state index in [0.29, 0.717) is 17.2 Å². The summed E-state index contributed by atoms with van der Waals surface area (Å²) in [5.74, 6) is -0.0817. The normalized spacial score (nSPS) is 20.3. The van der Waals surface area contributed by atoms with Crippen LogP contribution in [0.5, 0.6) is 0 Å². The number of carbonyl (C=O) groups excluding carboxylic acids is 1. The summed E-state index contributed by atoms with van der Waals surface area (Å²) in [4.78, 5) is 19.2. The number of aryl methyl sites for hydroxylation is 1. The highest BCUT2D eigenvalue weighted by Gasteiger charge is 2.32. The Labute approximate surface area is 159 Å². The molecule has 0 bridgehead atoms. The topological polar surface area (TPSA) is 54.5 Å². The van der Waals surface area contributed by atoms with Gasteiger partial charge in [0.1, 0.15) is 0 Å². The van der Waals surface area contributed by atoms with E-state index in [1.165, 1.54) is 0 Å². The fourth-order valence-electron chi connectivity index (χ4n) is 3.23. The Bertz CT molecular complexity index is 779. The Morgan fingerprint density at radius 1 is 1.27 bits per heavy atom. The van der Waals surface area contributed by atoms with E-state index in [4.69, 9.17) is 16.3 Å². The number of likely N-dealkylation sites (N-methyl/N-ethyl adjacent to an activating group) is 1. The van der Waals surface area contributed by atoms with Gasteiger partial charge in [0.2, 0.25) is 0 Å². The zero-order valence-electron chi connectivity index (χ0n) is 15.3. The van der Waals surface area contributed by atoms with Crippen LogP contribution in [0.3, 0.4) is 0 Å². The second-order valence-electron chi connectivity index (χ2n) is 6.64. The van der Waals surface area contributed by atoms with Gasteiger partial charge >= 0.3 is 0 Å². The summed E-state index contributed by atoms with van der Waals surface area (Å²) >= 11 is 6.03. The second-order valence-corrected chi connectivity index (χ2v) is 7.04. The van der Waals surface area contributed by atoms with Gasteiger partial charge in [-0.3, -0.25) is 9.78 Å². The number of pyridine rings is 1. The van der Waals surface area contributed by atoms with Crippen LogP contribution in [0.1, 0.15) is 23.0 Å². The molecule has 6 heteroatoms. The average molecular weight is 374 g/mol. The highest BCUT2D eigenvalue weighted by Crippen LogP contribution is 2.22. The number of hydrogen-bond acceptors (Lipinski definition) is 4. The second kappa shape index (κ2) is 8.16. The number of nitrogens with zero attached hydrogens (tertiary/aromatic N) is 2. The zero-order valence-corrected chi connectivity index (χ0v) is 16.1. The maximum absolute atomic E-state index is 12.6. The van der Waals surface area contributed by atoms with Gasteiger partial charge in [0, 0.05) is 30.8 Å². The summed E-state index contributed by atoms with van der Waals surface area (Å²) in [6.07, 6.45) is 0.0365. The third kappa shape index (κ3) is 4.23. The monoisotopic (exact) mass is 373 g/mol. The third-order valence-electron chi connectivity index (χ3n) is 4.61. The van der Waals surface area contributed by atoms with Crippen molar-refractivity contribution < 1.29 is 9.53 Å². The Hall–Kier alpha value is -1.95. The van der Waals surface area contributed by atoms with Gasteiger partial charge in [-0.05, 0) is 45.2 Å². The molecule has 0 unspecified atom stereocenters. The van der Waals surface area contributed by atoms with Crippen molar-refractivity contribution in [2.45, 2.75) is 26.0 Å². The largest absolute Gasteiger partial charge is 0.375 e. The first-order valence-electron chi connectivity index (χ1n) is 8.82. The van der Waals surface area contributed by atoms with Gasteiger partial charge < -0.3 is 15.0 Å². The number of halogens is 1. The Morgan fingerprint density at radius 2 is 2.00 bits per heavy atom. The number of rotatable bonds is 5. The van der Waals surface area contributed by atoms with Crippen LogP contribution in [-0.2, 0) is 4.74 Å². The number of carbonyl (C=O) groups is 1. The molecule has 1 amide bonds. The molecule has 0 aliphatic carbocycles. The van der Waals surface area contributed by atoms with Gasteiger partial charge in [-0.2, -0.15) is 0 Å². The minimum absolute atomic E-state index is 0.00714. The van der Waals surface area contributed by atoms with Crippen molar-refractivity contribution >= 4 is 17.5 Å². The molecule has 0 spiro atoms. The predicted molar refractivity (Wildman–Crippen MR) is 104 cm³/mol. The Morgan fingerprint density at radius 3 is 2.65 bits per heavy atom. The van der Waals surface area contributed by atoms with Gasteiger partial charge in [0.15, 0.2) is 0 Å². The minimum atomic E-state index is -0.0817. The van der Waals surface area contributed by atoms with Crippen LogP contribution in [0.4, 0.5) is 0 Å². The number of likely N-dealkylation sites (tertiary alicyclic amines) is 1. The molecule has 1 aliphatic rings. The van der Waals surface area contributed by atoms with Gasteiger partial charge in [-0.1, -0.05) is 23.7 Å². The molecule has 1 aliphatic heterocycles. The summed E-state index contributed by atoms with van der Waals surface area (Å²) in [5, 5.41) is 3.75. The highest BCUT2D eigenvalue weighted by atomic mass is 35.5. The van der Waals surface area contributed by atoms with Crippen LogP contribution in [0.2, 0.25) is 5.02 Å². The first-order valence-corrected chi connectivity index (χ1v) is 9.20. The maximum Gasteiger partial charge on any atom is 0.251 e. The van der Waals surface area contributed by atoms with E-state index in [1.54, 1.807) is 0 Å². The molecule has 1 saturated heterocycles. The van der Waals surface area contributed by atoms with Crippen LogP contribution in [0.15, 0.2) is 36.4 Å². The summed E-state index contributed by atoms with van der Waals surface area (Å²) in [7, 11) is 2.04. The molecular formula is C20H24ClN3O2. The molecule has 0 saturated carbocycles. The quantitative estimate of drug-likeness (QED) is 0.874. The van der Waals surface area contributed by atoms with Crippen molar-refractivity contribution in [1.29, 1.82) is 0 Å². The van der Waals surface area contributed by atoms with E-state index in [-0.39, 0.29) is 18.1 Å². The first-order chi connectivity index (χ1) is 12.5. The number of amides is 1. The molecule has 1 aromatic carbocycles. The number of hydrogen-bond donors (Lipinski definition) is 1. The van der Waals surface area contributed by atoms with Crippen molar-refractivity contribution in [2.75, 3.05) is 26.7 Å². The number of nitrogens with one attached hydrogen (secondary N) is 1. The molecule has 1 N–H and O–H groups in total. The van der Waals surface area contributed by atoms with E-state index < -0.39 is 0 Å². The summed E-state index contributed by atoms with van der Waals surface area (Å²) in [6.45, 7) is 6.12. The van der Waals surface area contributed by atoms with Crippen LogP contribution < -0.4 is 5.32 Å². The minimum Gasteiger partial charge on any atom is -0.375 e. The van der Waals surface area contributed by atoms with Gasteiger partial charge in [0.25, 0.3) is 5.91 Å². The van der Waals surface area contributed by atoms with E-state index >= 15 is 0 Å². The SMILES string of the molecule is CCO[C@H]1CN(C)C[C@@H]1NC(=O)c1ccc(-c2ccc(Cl)c(C)n2)cc1. The molecule has 2 atom stereocenters.